The maximum absolute atomic E-state index is 13.0. The van der Waals surface area contributed by atoms with Crippen molar-refractivity contribution < 1.29 is 10.1 Å². The number of quaternary nitrogens is 1. The highest BCUT2D eigenvalue weighted by Crippen LogP contribution is 2.25. The Kier molecular flexibility index (Phi) is 6.70. The number of benzene rings is 3. The Hall–Kier alpha value is -3.21. The summed E-state index contributed by atoms with van der Waals surface area (Å²) in [6.45, 7) is 0.350. The summed E-state index contributed by atoms with van der Waals surface area (Å²) in [5.41, 5.74) is 3.47. The smallest absolute Gasteiger partial charge is 0.275 e. The number of carbonyl (C=O) groups is 1. The van der Waals surface area contributed by atoms with Gasteiger partial charge in [-0.2, -0.15) is 0 Å². The van der Waals surface area contributed by atoms with Gasteiger partial charge in [-0.15, -0.1) is 11.3 Å². The quantitative estimate of drug-likeness (QED) is 0.444. The number of nitrogens with one attached hydrogen (secondary N) is 1. The van der Waals surface area contributed by atoms with Gasteiger partial charge in [0.05, 0.1) is 6.04 Å². The molecule has 0 aliphatic heterocycles. The maximum atomic E-state index is 13.0. The van der Waals surface area contributed by atoms with Crippen molar-refractivity contribution in [3.8, 4) is 0 Å². The van der Waals surface area contributed by atoms with E-state index in [4.69, 9.17) is 0 Å². The number of hydrogen-bond donors (Lipinski definition) is 2. The third kappa shape index (κ3) is 5.03. The molecule has 3 N–H and O–H groups in total. The number of hydrogen-bond acceptors (Lipinski definition) is 2. The Labute approximate surface area is 181 Å². The average Bonchev–Trinajstić information content (AvgIpc) is 3.34. The van der Waals surface area contributed by atoms with Crippen molar-refractivity contribution >= 4 is 17.2 Å². The highest BCUT2D eigenvalue weighted by atomic mass is 32.1. The van der Waals surface area contributed by atoms with Gasteiger partial charge < -0.3 is 10.6 Å². The summed E-state index contributed by atoms with van der Waals surface area (Å²) in [4.78, 5) is 14.1. The van der Waals surface area contributed by atoms with Crippen LogP contribution < -0.4 is 10.6 Å². The van der Waals surface area contributed by atoms with E-state index in [1.807, 2.05) is 66.0 Å². The molecule has 150 valence electrons. The van der Waals surface area contributed by atoms with Crippen molar-refractivity contribution in [1.29, 1.82) is 0 Å². The molecule has 0 aliphatic carbocycles. The van der Waals surface area contributed by atoms with Crippen LogP contribution in [0.2, 0.25) is 0 Å². The fourth-order valence-corrected chi connectivity index (χ4v) is 4.45. The van der Waals surface area contributed by atoms with Gasteiger partial charge in [0.1, 0.15) is 6.04 Å². The summed E-state index contributed by atoms with van der Waals surface area (Å²) in [5.74, 6) is 0.0223. The Bertz CT molecular complexity index is 995. The van der Waals surface area contributed by atoms with Gasteiger partial charge >= 0.3 is 0 Å². The molecule has 0 radical (unpaired) electrons. The minimum absolute atomic E-state index is 0.0223. The van der Waals surface area contributed by atoms with E-state index < -0.39 is 0 Å². The van der Waals surface area contributed by atoms with Crippen LogP contribution in [0.4, 0.5) is 0 Å². The predicted octanol–water partition coefficient (Wildman–Crippen LogP) is 4.31. The zero-order chi connectivity index (χ0) is 20.6. The molecular formula is C26H25N2OS+. The normalized spacial score (nSPS) is 11.9. The van der Waals surface area contributed by atoms with E-state index in [9.17, 15) is 4.79 Å². The molecule has 1 heterocycles. The summed E-state index contributed by atoms with van der Waals surface area (Å²) in [5, 5.41) is 7.39. The van der Waals surface area contributed by atoms with Crippen molar-refractivity contribution in [2.75, 3.05) is 6.54 Å². The number of rotatable bonds is 8. The minimum Gasteiger partial charge on any atom is -0.339 e. The summed E-state index contributed by atoms with van der Waals surface area (Å²) in [6.07, 6.45) is 0. The minimum atomic E-state index is -0.126. The standard InChI is InChI=1S/C26H24N2OS/c29-24(28-26(23-17-10-18-30-23)22-15-8-3-9-16-22)19-27-25(20-11-4-1-5-12-20)21-13-6-2-7-14-21/h1-18,25-27H,19H2,(H,28,29)/p+1/t26-/m0/s1. The molecular weight excluding hydrogens is 388 g/mol. The monoisotopic (exact) mass is 413 g/mol. The first-order chi connectivity index (χ1) is 14.8. The molecule has 30 heavy (non-hydrogen) atoms. The maximum Gasteiger partial charge on any atom is 0.275 e. The topological polar surface area (TPSA) is 45.7 Å². The van der Waals surface area contributed by atoms with E-state index in [-0.39, 0.29) is 18.0 Å². The molecule has 3 aromatic carbocycles. The van der Waals surface area contributed by atoms with Crippen LogP contribution in [0.25, 0.3) is 0 Å². The third-order valence-corrected chi connectivity index (χ3v) is 6.06. The summed E-state index contributed by atoms with van der Waals surface area (Å²) in [6, 6.07) is 34.9. The fourth-order valence-electron chi connectivity index (χ4n) is 3.65. The van der Waals surface area contributed by atoms with E-state index in [0.717, 1.165) is 10.4 Å². The molecule has 4 aromatic rings. The van der Waals surface area contributed by atoms with E-state index in [1.165, 1.54) is 11.1 Å². The first-order valence-corrected chi connectivity index (χ1v) is 11.0. The SMILES string of the molecule is O=C(C[NH2+]C(c1ccccc1)c1ccccc1)N[C@@H](c1ccccc1)c1cccs1. The lowest BCUT2D eigenvalue weighted by Crippen LogP contribution is -2.87. The lowest BCUT2D eigenvalue weighted by Gasteiger charge is -2.20. The van der Waals surface area contributed by atoms with Gasteiger partial charge in [-0.05, 0) is 17.0 Å². The van der Waals surface area contributed by atoms with Crippen LogP contribution in [0.1, 0.15) is 33.7 Å². The van der Waals surface area contributed by atoms with Crippen molar-refractivity contribution in [1.82, 2.24) is 5.32 Å². The number of amides is 1. The summed E-state index contributed by atoms with van der Waals surface area (Å²) < 4.78 is 0. The van der Waals surface area contributed by atoms with E-state index >= 15 is 0 Å². The summed E-state index contributed by atoms with van der Waals surface area (Å²) in [7, 11) is 0. The van der Waals surface area contributed by atoms with Gasteiger partial charge in [0.15, 0.2) is 6.54 Å². The molecule has 4 heteroatoms. The number of thiophene rings is 1. The first kappa shape index (κ1) is 20.1. The van der Waals surface area contributed by atoms with Crippen LogP contribution in [0.15, 0.2) is 109 Å². The second-order valence-corrected chi connectivity index (χ2v) is 8.14. The first-order valence-electron chi connectivity index (χ1n) is 10.1. The molecule has 0 saturated heterocycles. The van der Waals surface area contributed by atoms with Crippen molar-refractivity contribution in [3.05, 3.63) is 130 Å². The summed E-state index contributed by atoms with van der Waals surface area (Å²) >= 11 is 1.66. The van der Waals surface area contributed by atoms with Crippen LogP contribution in [-0.4, -0.2) is 12.5 Å². The van der Waals surface area contributed by atoms with Gasteiger partial charge in [0.2, 0.25) is 0 Å². The van der Waals surface area contributed by atoms with Crippen molar-refractivity contribution in [2.45, 2.75) is 12.1 Å². The van der Waals surface area contributed by atoms with Gasteiger partial charge in [-0.25, -0.2) is 0 Å². The van der Waals surface area contributed by atoms with Crippen molar-refractivity contribution in [2.24, 2.45) is 0 Å². The van der Waals surface area contributed by atoms with E-state index in [2.05, 4.69) is 53.1 Å². The predicted molar refractivity (Wildman–Crippen MR) is 122 cm³/mol. The van der Waals surface area contributed by atoms with Crippen LogP contribution in [0.3, 0.4) is 0 Å². The Balaban J connectivity index is 1.49. The number of carbonyl (C=O) groups excluding carboxylic acids is 1. The largest absolute Gasteiger partial charge is 0.339 e. The zero-order valence-electron chi connectivity index (χ0n) is 16.6. The molecule has 3 nitrogen and oxygen atoms in total. The highest BCUT2D eigenvalue weighted by Gasteiger charge is 2.22. The van der Waals surface area contributed by atoms with E-state index in [1.54, 1.807) is 11.3 Å². The molecule has 0 unspecified atom stereocenters. The molecule has 0 bridgehead atoms. The molecule has 0 saturated carbocycles. The molecule has 0 spiro atoms. The third-order valence-electron chi connectivity index (χ3n) is 5.12. The molecule has 0 aliphatic rings. The van der Waals surface area contributed by atoms with Gasteiger partial charge in [-0.1, -0.05) is 97.1 Å². The Morgan fingerprint density at radius 1 is 0.733 bits per heavy atom. The molecule has 4 rings (SSSR count). The highest BCUT2D eigenvalue weighted by molar-refractivity contribution is 7.10. The van der Waals surface area contributed by atoms with Gasteiger partial charge in [0.25, 0.3) is 5.91 Å². The number of nitrogens with two attached hydrogens (primary N) is 1. The molecule has 0 fully saturated rings. The van der Waals surface area contributed by atoms with Crippen LogP contribution in [0, 0.1) is 0 Å². The second kappa shape index (κ2) is 10.0. The Morgan fingerprint density at radius 2 is 1.27 bits per heavy atom. The van der Waals surface area contributed by atoms with Gasteiger partial charge in [-0.3, -0.25) is 4.79 Å². The zero-order valence-corrected chi connectivity index (χ0v) is 17.5. The molecule has 1 amide bonds. The second-order valence-electron chi connectivity index (χ2n) is 7.17. The van der Waals surface area contributed by atoms with Crippen LogP contribution in [0.5, 0.6) is 0 Å². The van der Waals surface area contributed by atoms with Crippen LogP contribution >= 0.6 is 11.3 Å². The van der Waals surface area contributed by atoms with Crippen molar-refractivity contribution in [3.63, 3.8) is 0 Å². The average molecular weight is 414 g/mol. The van der Waals surface area contributed by atoms with Crippen LogP contribution in [-0.2, 0) is 4.79 Å². The molecule has 1 atom stereocenters. The lowest BCUT2D eigenvalue weighted by atomic mass is 9.99. The lowest BCUT2D eigenvalue weighted by molar-refractivity contribution is -0.676. The van der Waals surface area contributed by atoms with Gasteiger partial charge in [0, 0.05) is 16.0 Å². The molecule has 1 aromatic heterocycles. The van der Waals surface area contributed by atoms with E-state index in [0.29, 0.717) is 6.54 Å². The fraction of sp³-hybridized carbons (Fsp3) is 0.115. The Morgan fingerprint density at radius 3 is 1.77 bits per heavy atom.